The van der Waals surface area contributed by atoms with Gasteiger partial charge < -0.3 is 28.7 Å². The number of nitrogens with one attached hydrogen (secondary N) is 2. The van der Waals surface area contributed by atoms with Crippen molar-refractivity contribution in [3.05, 3.63) is 44.8 Å². The van der Waals surface area contributed by atoms with E-state index in [1.807, 2.05) is 13.8 Å². The summed E-state index contributed by atoms with van der Waals surface area (Å²) in [5.41, 5.74) is 1.64. The fourth-order valence-electron chi connectivity index (χ4n) is 4.54. The number of rotatable bonds is 3. The molecule has 3 N–H and O–H groups in total. The summed E-state index contributed by atoms with van der Waals surface area (Å²) in [5.74, 6) is 0.926. The first-order chi connectivity index (χ1) is 16.4. The Bertz CT molecular complexity index is 1720. The number of hydrogen-bond donors (Lipinski definition) is 3. The quantitative estimate of drug-likeness (QED) is 0.372. The van der Waals surface area contributed by atoms with E-state index in [4.69, 9.17) is 18.6 Å². The maximum atomic E-state index is 13.2. The molecule has 0 unspecified atom stereocenters. The van der Waals surface area contributed by atoms with Gasteiger partial charge in [0.1, 0.15) is 18.9 Å². The molecule has 0 bridgehead atoms. The largest absolute Gasteiger partial charge is 0.502 e. The molecule has 3 aromatic heterocycles. The highest BCUT2D eigenvalue weighted by molar-refractivity contribution is 6.15. The summed E-state index contributed by atoms with van der Waals surface area (Å²) in [6.45, 7) is 4.67. The summed E-state index contributed by atoms with van der Waals surface area (Å²) in [6, 6.07) is 6.33. The minimum Gasteiger partial charge on any atom is -0.502 e. The number of fused-ring (bicyclic) bond motifs is 5. The lowest BCUT2D eigenvalue weighted by Gasteiger charge is -2.21. The van der Waals surface area contributed by atoms with Gasteiger partial charge in [-0.25, -0.2) is 0 Å². The topological polar surface area (TPSA) is 132 Å². The Morgan fingerprint density at radius 3 is 2.68 bits per heavy atom. The molecule has 1 aliphatic rings. The molecule has 5 aromatic rings. The number of furan rings is 1. The number of hydrogen-bond acceptors (Lipinski definition) is 7. The van der Waals surface area contributed by atoms with Crippen LogP contribution >= 0.6 is 0 Å². The molecule has 0 atom stereocenters. The average molecular weight is 463 g/mol. The van der Waals surface area contributed by atoms with Gasteiger partial charge in [0.2, 0.25) is 16.9 Å². The molecule has 0 radical (unpaired) electrons. The van der Waals surface area contributed by atoms with E-state index in [9.17, 15) is 14.7 Å². The summed E-state index contributed by atoms with van der Waals surface area (Å²) >= 11 is 0. The van der Waals surface area contributed by atoms with Gasteiger partial charge >= 0.3 is 0 Å². The maximum absolute atomic E-state index is 13.2. The molecule has 0 fully saturated rings. The number of aromatic amines is 2. The zero-order valence-corrected chi connectivity index (χ0v) is 18.6. The summed E-state index contributed by atoms with van der Waals surface area (Å²) in [5, 5.41) is 14.2. The molecule has 0 saturated carbocycles. The number of ether oxygens (including phenoxy) is 3. The Morgan fingerprint density at radius 1 is 1.12 bits per heavy atom. The monoisotopic (exact) mass is 463 g/mol. The van der Waals surface area contributed by atoms with Crippen LogP contribution in [0.4, 0.5) is 0 Å². The van der Waals surface area contributed by atoms with Crippen LogP contribution in [0.15, 0.2) is 38.3 Å². The molecular weight excluding hydrogens is 442 g/mol. The third kappa shape index (κ3) is 2.68. The number of pyridine rings is 1. The van der Waals surface area contributed by atoms with E-state index >= 15 is 0 Å². The van der Waals surface area contributed by atoms with Gasteiger partial charge in [-0.3, -0.25) is 19.4 Å². The molecule has 0 aliphatic carbocycles. The highest BCUT2D eigenvalue weighted by Crippen LogP contribution is 2.46. The minimum absolute atomic E-state index is 0.0460. The van der Waals surface area contributed by atoms with E-state index in [0.717, 1.165) is 0 Å². The Balaban J connectivity index is 1.83. The number of aromatic nitrogens is 3. The molecule has 4 heterocycles. The fraction of sp³-hybridized carbons (Fsp3) is 0.250. The third-order valence-electron chi connectivity index (χ3n) is 6.08. The molecular formula is C24H21N3O7. The van der Waals surface area contributed by atoms with Gasteiger partial charge in [0, 0.05) is 17.0 Å². The van der Waals surface area contributed by atoms with Crippen molar-refractivity contribution in [3.63, 3.8) is 0 Å². The lowest BCUT2D eigenvalue weighted by molar-refractivity contribution is 0.165. The Labute approximate surface area is 191 Å². The average Bonchev–Trinajstić information content (AvgIpc) is 3.37. The van der Waals surface area contributed by atoms with Crippen molar-refractivity contribution < 1.29 is 23.7 Å². The lowest BCUT2D eigenvalue weighted by Crippen LogP contribution is -2.16. The first-order valence-electron chi connectivity index (χ1n) is 10.8. The molecule has 0 amide bonds. The second-order valence-corrected chi connectivity index (χ2v) is 8.43. The van der Waals surface area contributed by atoms with Crippen LogP contribution in [-0.2, 0) is 0 Å². The minimum atomic E-state index is -0.553. The number of H-pyrrole nitrogens is 2. The predicted octanol–water partition coefficient (Wildman–Crippen LogP) is 3.65. The first-order valence-corrected chi connectivity index (χ1v) is 10.8. The SMILES string of the molecule is COc1cc(-c2c3oc4c(O)c(=O)ccc4c3[nH]c3c2c(=O)[nH]n3C(C)C)cc2c1OCCO2. The lowest BCUT2D eigenvalue weighted by atomic mass is 10.0. The van der Waals surface area contributed by atoms with Crippen molar-refractivity contribution in [2.75, 3.05) is 20.3 Å². The standard InChI is InChI=1S/C24H21N3O7/c1-10(2)27-23-17(24(30)26-27)16(11-8-14(31-3)21-15(9-11)32-6-7-33-21)22-18(25-23)12-4-5-13(28)19(29)20(12)34-22/h4-5,8-10,25,29H,6-7H2,1-3H3,(H,26,30). The molecule has 1 aliphatic heterocycles. The Morgan fingerprint density at radius 2 is 1.91 bits per heavy atom. The van der Waals surface area contributed by atoms with Gasteiger partial charge in [0.15, 0.2) is 22.7 Å². The van der Waals surface area contributed by atoms with Gasteiger partial charge in [-0.15, -0.1) is 0 Å². The van der Waals surface area contributed by atoms with E-state index in [-0.39, 0.29) is 17.2 Å². The number of nitrogens with zero attached hydrogens (tertiary/aromatic N) is 1. The summed E-state index contributed by atoms with van der Waals surface area (Å²) in [6.07, 6.45) is 0. The van der Waals surface area contributed by atoms with Gasteiger partial charge in [0.05, 0.1) is 18.0 Å². The number of benzene rings is 2. The smallest absolute Gasteiger partial charge is 0.274 e. The number of aromatic hydroxyl groups is 1. The van der Waals surface area contributed by atoms with E-state index in [1.165, 1.54) is 13.2 Å². The van der Waals surface area contributed by atoms with E-state index < -0.39 is 11.2 Å². The number of phenolic OH excluding ortho intramolecular Hbond substituents is 1. The van der Waals surface area contributed by atoms with Crippen molar-refractivity contribution in [2.24, 2.45) is 0 Å². The zero-order chi connectivity index (χ0) is 23.7. The maximum Gasteiger partial charge on any atom is 0.274 e. The van der Waals surface area contributed by atoms with E-state index in [1.54, 1.807) is 22.9 Å². The highest BCUT2D eigenvalue weighted by Gasteiger charge is 2.26. The fourth-order valence-corrected chi connectivity index (χ4v) is 4.54. The van der Waals surface area contributed by atoms with Gasteiger partial charge in [-0.05, 0) is 43.7 Å². The molecule has 34 heavy (non-hydrogen) atoms. The molecule has 6 rings (SSSR count). The van der Waals surface area contributed by atoms with Crippen LogP contribution in [0.5, 0.6) is 23.0 Å². The van der Waals surface area contributed by atoms with Crippen LogP contribution in [0.2, 0.25) is 0 Å². The summed E-state index contributed by atoms with van der Waals surface area (Å²) < 4.78 is 24.9. The van der Waals surface area contributed by atoms with Gasteiger partial charge in [0.25, 0.3) is 5.56 Å². The van der Waals surface area contributed by atoms with Crippen molar-refractivity contribution in [3.8, 4) is 34.1 Å². The normalized spacial score (nSPS) is 13.4. The number of phenols is 1. The molecule has 10 heteroatoms. The van der Waals surface area contributed by atoms with Crippen molar-refractivity contribution in [1.29, 1.82) is 0 Å². The Hall–Kier alpha value is -4.34. The molecule has 0 saturated heterocycles. The van der Waals surface area contributed by atoms with Crippen LogP contribution in [0.3, 0.4) is 0 Å². The van der Waals surface area contributed by atoms with Gasteiger partial charge in [-0.1, -0.05) is 0 Å². The molecule has 174 valence electrons. The molecule has 2 aromatic carbocycles. The zero-order valence-electron chi connectivity index (χ0n) is 18.6. The predicted molar refractivity (Wildman–Crippen MR) is 125 cm³/mol. The van der Waals surface area contributed by atoms with Crippen molar-refractivity contribution in [1.82, 2.24) is 14.8 Å². The van der Waals surface area contributed by atoms with Crippen LogP contribution in [0.25, 0.3) is 44.2 Å². The van der Waals surface area contributed by atoms with Crippen LogP contribution in [0, 0.1) is 0 Å². The first kappa shape index (κ1) is 20.3. The van der Waals surface area contributed by atoms with Crippen LogP contribution in [0.1, 0.15) is 19.9 Å². The third-order valence-corrected chi connectivity index (χ3v) is 6.08. The molecule has 10 nitrogen and oxygen atoms in total. The van der Waals surface area contributed by atoms with E-state index in [2.05, 4.69) is 10.1 Å². The van der Waals surface area contributed by atoms with E-state index in [0.29, 0.717) is 69.1 Å². The second kappa shape index (κ2) is 7.08. The Kier molecular flexibility index (Phi) is 4.22. The summed E-state index contributed by atoms with van der Waals surface area (Å²) in [4.78, 5) is 28.5. The van der Waals surface area contributed by atoms with Crippen LogP contribution < -0.4 is 25.2 Å². The van der Waals surface area contributed by atoms with Gasteiger partial charge in [-0.2, -0.15) is 0 Å². The van der Waals surface area contributed by atoms with Crippen molar-refractivity contribution in [2.45, 2.75) is 19.9 Å². The number of methoxy groups -OCH3 is 1. The van der Waals surface area contributed by atoms with Crippen LogP contribution in [-0.4, -0.2) is 40.2 Å². The molecule has 0 spiro atoms. The van der Waals surface area contributed by atoms with Crippen molar-refractivity contribution >= 4 is 33.1 Å². The highest BCUT2D eigenvalue weighted by atomic mass is 16.6. The second-order valence-electron chi connectivity index (χ2n) is 8.43. The summed E-state index contributed by atoms with van der Waals surface area (Å²) in [7, 11) is 1.53.